The third-order valence-corrected chi connectivity index (χ3v) is 3.52. The van der Waals surface area contributed by atoms with E-state index in [2.05, 4.69) is 10.6 Å². The molecule has 1 atom stereocenters. The van der Waals surface area contributed by atoms with Gasteiger partial charge in [0.2, 0.25) is 5.91 Å². The van der Waals surface area contributed by atoms with Crippen molar-refractivity contribution in [2.45, 2.75) is 18.9 Å². The standard InChI is InChI=1S/C14H18Cl2N2O2.ClH/c15-11-5-10(6-12(16)7-11)1-2-18-14(19)8-13-9-20-4-3-17-13;/h5-7,13,17H,1-4,8-9H2,(H,18,19);1H. The van der Waals surface area contributed by atoms with Crippen LogP contribution in [-0.2, 0) is 16.0 Å². The fourth-order valence-corrected chi connectivity index (χ4v) is 2.72. The number of hydrogen-bond acceptors (Lipinski definition) is 3. The van der Waals surface area contributed by atoms with Gasteiger partial charge >= 0.3 is 0 Å². The number of ether oxygens (including phenoxy) is 1. The second-order valence-electron chi connectivity index (χ2n) is 4.81. The summed E-state index contributed by atoms with van der Waals surface area (Å²) in [4.78, 5) is 11.8. The number of hydrogen-bond donors (Lipinski definition) is 2. The number of carbonyl (C=O) groups excluding carboxylic acids is 1. The molecule has 1 aliphatic rings. The molecule has 1 aliphatic heterocycles. The summed E-state index contributed by atoms with van der Waals surface area (Å²) in [5.41, 5.74) is 1.02. The smallest absolute Gasteiger partial charge is 0.221 e. The Morgan fingerprint density at radius 2 is 2.05 bits per heavy atom. The molecule has 1 fully saturated rings. The number of morpholine rings is 1. The number of benzene rings is 1. The van der Waals surface area contributed by atoms with E-state index in [1.807, 2.05) is 12.1 Å². The van der Waals surface area contributed by atoms with Crippen molar-refractivity contribution in [1.29, 1.82) is 0 Å². The predicted molar refractivity (Wildman–Crippen MR) is 87.7 cm³/mol. The minimum absolute atomic E-state index is 0. The van der Waals surface area contributed by atoms with E-state index in [9.17, 15) is 4.79 Å². The summed E-state index contributed by atoms with van der Waals surface area (Å²) in [6.07, 6.45) is 1.15. The Morgan fingerprint density at radius 3 is 2.67 bits per heavy atom. The van der Waals surface area contributed by atoms with Gasteiger partial charge in [0.05, 0.1) is 13.2 Å². The molecule has 0 aromatic heterocycles. The maximum absolute atomic E-state index is 11.8. The number of carbonyl (C=O) groups is 1. The Morgan fingerprint density at radius 1 is 1.33 bits per heavy atom. The molecule has 2 rings (SSSR count). The zero-order valence-corrected chi connectivity index (χ0v) is 13.9. The van der Waals surface area contributed by atoms with E-state index < -0.39 is 0 Å². The molecule has 1 heterocycles. The average molecular weight is 354 g/mol. The second kappa shape index (κ2) is 9.49. The van der Waals surface area contributed by atoms with Crippen LogP contribution in [0.4, 0.5) is 0 Å². The minimum atomic E-state index is 0. The Balaban J connectivity index is 0.00000220. The molecule has 4 nitrogen and oxygen atoms in total. The first-order chi connectivity index (χ1) is 9.63. The van der Waals surface area contributed by atoms with Crippen molar-refractivity contribution in [3.05, 3.63) is 33.8 Å². The van der Waals surface area contributed by atoms with Crippen LogP contribution < -0.4 is 10.6 Å². The first-order valence-corrected chi connectivity index (χ1v) is 7.42. The van der Waals surface area contributed by atoms with E-state index in [-0.39, 0.29) is 24.4 Å². The number of nitrogens with one attached hydrogen (secondary N) is 2. The summed E-state index contributed by atoms with van der Waals surface area (Å²) < 4.78 is 5.31. The summed E-state index contributed by atoms with van der Waals surface area (Å²) in [6, 6.07) is 5.52. The van der Waals surface area contributed by atoms with Gasteiger partial charge in [-0.1, -0.05) is 23.2 Å². The maximum atomic E-state index is 11.8. The summed E-state index contributed by atoms with van der Waals surface area (Å²) in [5, 5.41) is 7.38. The molecule has 0 saturated carbocycles. The zero-order chi connectivity index (χ0) is 14.4. The van der Waals surface area contributed by atoms with Crippen LogP contribution in [0.5, 0.6) is 0 Å². The molecular weight excluding hydrogens is 335 g/mol. The van der Waals surface area contributed by atoms with Crippen LogP contribution in [0.15, 0.2) is 18.2 Å². The summed E-state index contributed by atoms with van der Waals surface area (Å²) in [7, 11) is 0. The van der Waals surface area contributed by atoms with Gasteiger partial charge in [-0.05, 0) is 30.2 Å². The van der Waals surface area contributed by atoms with E-state index in [0.29, 0.717) is 42.6 Å². The molecule has 1 amide bonds. The van der Waals surface area contributed by atoms with Crippen LogP contribution in [0, 0.1) is 0 Å². The normalized spacial score (nSPS) is 17.9. The molecule has 0 aliphatic carbocycles. The van der Waals surface area contributed by atoms with E-state index >= 15 is 0 Å². The van der Waals surface area contributed by atoms with Gasteiger partial charge in [-0.25, -0.2) is 0 Å². The summed E-state index contributed by atoms with van der Waals surface area (Å²) >= 11 is 11.9. The highest BCUT2D eigenvalue weighted by Gasteiger charge is 2.16. The topological polar surface area (TPSA) is 50.4 Å². The van der Waals surface area contributed by atoms with Gasteiger partial charge in [0.15, 0.2) is 0 Å². The number of rotatable bonds is 5. The first-order valence-electron chi connectivity index (χ1n) is 6.66. The SMILES string of the molecule is Cl.O=C(CC1COCCN1)NCCc1cc(Cl)cc(Cl)c1. The van der Waals surface area contributed by atoms with Crippen molar-refractivity contribution >= 4 is 41.5 Å². The molecule has 0 radical (unpaired) electrons. The van der Waals surface area contributed by atoms with Gasteiger partial charge in [-0.2, -0.15) is 0 Å². The van der Waals surface area contributed by atoms with E-state index in [4.69, 9.17) is 27.9 Å². The molecule has 0 spiro atoms. The van der Waals surface area contributed by atoms with Crippen molar-refractivity contribution in [2.75, 3.05) is 26.3 Å². The van der Waals surface area contributed by atoms with Crippen LogP contribution in [0.3, 0.4) is 0 Å². The Kier molecular flexibility index (Phi) is 8.37. The highest BCUT2D eigenvalue weighted by molar-refractivity contribution is 6.34. The van der Waals surface area contributed by atoms with Crippen LogP contribution in [-0.4, -0.2) is 38.3 Å². The third kappa shape index (κ3) is 6.85. The lowest BCUT2D eigenvalue weighted by Gasteiger charge is -2.23. The van der Waals surface area contributed by atoms with Gasteiger partial charge in [-0.15, -0.1) is 12.4 Å². The predicted octanol–water partition coefficient (Wildman–Crippen LogP) is 2.45. The molecule has 7 heteroatoms. The molecule has 0 bridgehead atoms. The zero-order valence-electron chi connectivity index (χ0n) is 11.5. The van der Waals surface area contributed by atoms with Crippen molar-refractivity contribution in [3.8, 4) is 0 Å². The molecule has 118 valence electrons. The van der Waals surface area contributed by atoms with Crippen LogP contribution in [0.25, 0.3) is 0 Å². The molecule has 1 aromatic rings. The fourth-order valence-electron chi connectivity index (χ4n) is 2.15. The summed E-state index contributed by atoms with van der Waals surface area (Å²) in [6.45, 7) is 2.69. The monoisotopic (exact) mass is 352 g/mol. The molecule has 21 heavy (non-hydrogen) atoms. The van der Waals surface area contributed by atoms with Gasteiger partial charge in [0.25, 0.3) is 0 Å². The van der Waals surface area contributed by atoms with E-state index in [0.717, 1.165) is 12.1 Å². The van der Waals surface area contributed by atoms with E-state index in [1.165, 1.54) is 0 Å². The molecule has 2 N–H and O–H groups in total. The molecular formula is C14H19Cl3N2O2. The minimum Gasteiger partial charge on any atom is -0.378 e. The summed E-state index contributed by atoms with van der Waals surface area (Å²) in [5.74, 6) is 0.0288. The van der Waals surface area contributed by atoms with Gasteiger partial charge in [-0.3, -0.25) is 4.79 Å². The third-order valence-electron chi connectivity index (χ3n) is 3.09. The lowest BCUT2D eigenvalue weighted by Crippen LogP contribution is -2.44. The number of halogens is 3. The quantitative estimate of drug-likeness (QED) is 0.855. The van der Waals surface area contributed by atoms with Crippen molar-refractivity contribution in [1.82, 2.24) is 10.6 Å². The Labute approximate surface area is 140 Å². The average Bonchev–Trinajstić information content (AvgIpc) is 2.38. The molecule has 1 aromatic carbocycles. The molecule has 1 unspecified atom stereocenters. The van der Waals surface area contributed by atoms with Crippen molar-refractivity contribution in [2.24, 2.45) is 0 Å². The first kappa shape index (κ1) is 18.5. The fraction of sp³-hybridized carbons (Fsp3) is 0.500. The van der Waals surface area contributed by atoms with Crippen LogP contribution >= 0.6 is 35.6 Å². The lowest BCUT2D eigenvalue weighted by atomic mass is 10.1. The maximum Gasteiger partial charge on any atom is 0.221 e. The van der Waals surface area contributed by atoms with Gasteiger partial charge < -0.3 is 15.4 Å². The Hall–Kier alpha value is -0.520. The van der Waals surface area contributed by atoms with Crippen molar-refractivity contribution in [3.63, 3.8) is 0 Å². The molecule has 1 saturated heterocycles. The van der Waals surface area contributed by atoms with Crippen LogP contribution in [0.2, 0.25) is 10.0 Å². The number of amides is 1. The highest BCUT2D eigenvalue weighted by Crippen LogP contribution is 2.19. The van der Waals surface area contributed by atoms with Crippen LogP contribution in [0.1, 0.15) is 12.0 Å². The van der Waals surface area contributed by atoms with Crippen molar-refractivity contribution < 1.29 is 9.53 Å². The van der Waals surface area contributed by atoms with E-state index in [1.54, 1.807) is 6.07 Å². The van der Waals surface area contributed by atoms with Gasteiger partial charge in [0, 0.05) is 35.6 Å². The lowest BCUT2D eigenvalue weighted by molar-refractivity contribution is -0.122. The second-order valence-corrected chi connectivity index (χ2v) is 5.68. The Bertz CT molecular complexity index is 445. The largest absolute Gasteiger partial charge is 0.378 e. The van der Waals surface area contributed by atoms with Gasteiger partial charge in [0.1, 0.15) is 0 Å². The highest BCUT2D eigenvalue weighted by atomic mass is 35.5.